The smallest absolute Gasteiger partial charge is 0.129 e. The van der Waals surface area contributed by atoms with Crippen molar-refractivity contribution in [1.29, 1.82) is 0 Å². The third kappa shape index (κ3) is 2.80. The Morgan fingerprint density at radius 1 is 1.21 bits per heavy atom. The number of aromatic amines is 1. The molecule has 0 spiro atoms. The molecule has 0 amide bonds. The highest BCUT2D eigenvalue weighted by Gasteiger charge is 2.15. The topological polar surface area (TPSA) is 63.3 Å². The Morgan fingerprint density at radius 2 is 2.08 bits per heavy atom. The fourth-order valence-electron chi connectivity index (χ4n) is 3.00. The summed E-state index contributed by atoms with van der Waals surface area (Å²) in [6.45, 7) is 5.86. The molecule has 1 aliphatic rings. The highest BCUT2D eigenvalue weighted by atomic mass is 16.5. The molecule has 1 aliphatic heterocycles. The van der Waals surface area contributed by atoms with Crippen molar-refractivity contribution in [3.8, 4) is 17.0 Å². The number of aromatic nitrogens is 3. The van der Waals surface area contributed by atoms with Gasteiger partial charge in [-0.2, -0.15) is 5.10 Å². The molecule has 0 bridgehead atoms. The molecule has 0 radical (unpaired) electrons. The van der Waals surface area contributed by atoms with E-state index in [9.17, 15) is 0 Å². The van der Waals surface area contributed by atoms with Crippen LogP contribution in [-0.2, 0) is 4.74 Å². The van der Waals surface area contributed by atoms with Crippen LogP contribution in [0.4, 0.5) is 5.82 Å². The van der Waals surface area contributed by atoms with Crippen LogP contribution in [0.3, 0.4) is 0 Å². The first-order valence-electron chi connectivity index (χ1n) is 8.25. The first-order chi connectivity index (χ1) is 11.8. The van der Waals surface area contributed by atoms with Crippen LogP contribution < -0.4 is 9.64 Å². The van der Waals surface area contributed by atoms with E-state index in [-0.39, 0.29) is 0 Å². The predicted molar refractivity (Wildman–Crippen MR) is 93.5 cm³/mol. The third-order valence-corrected chi connectivity index (χ3v) is 4.20. The molecule has 1 fully saturated rings. The largest absolute Gasteiger partial charge is 0.494 e. The number of fused-ring (bicyclic) bond motifs is 1. The van der Waals surface area contributed by atoms with E-state index in [0.717, 1.165) is 60.0 Å². The van der Waals surface area contributed by atoms with Crippen LogP contribution in [0.15, 0.2) is 36.5 Å². The summed E-state index contributed by atoms with van der Waals surface area (Å²) in [5.74, 6) is 1.82. The van der Waals surface area contributed by atoms with Crippen LogP contribution >= 0.6 is 0 Å². The number of ether oxygens (including phenoxy) is 2. The van der Waals surface area contributed by atoms with Crippen LogP contribution in [0.25, 0.3) is 22.2 Å². The molecule has 3 aromatic rings. The lowest BCUT2D eigenvalue weighted by molar-refractivity contribution is 0.122. The molecule has 1 saturated heterocycles. The van der Waals surface area contributed by atoms with Gasteiger partial charge in [-0.15, -0.1) is 0 Å². The van der Waals surface area contributed by atoms with Gasteiger partial charge in [-0.1, -0.05) is 0 Å². The van der Waals surface area contributed by atoms with Gasteiger partial charge in [-0.05, 0) is 37.3 Å². The van der Waals surface area contributed by atoms with E-state index in [0.29, 0.717) is 6.61 Å². The van der Waals surface area contributed by atoms with E-state index < -0.39 is 0 Å². The second-order valence-corrected chi connectivity index (χ2v) is 5.71. The summed E-state index contributed by atoms with van der Waals surface area (Å²) >= 11 is 0. The fourth-order valence-corrected chi connectivity index (χ4v) is 3.00. The first-order valence-corrected chi connectivity index (χ1v) is 8.25. The molecule has 0 saturated carbocycles. The van der Waals surface area contributed by atoms with E-state index in [1.807, 2.05) is 37.4 Å². The number of morpholine rings is 1. The Kier molecular flexibility index (Phi) is 4.04. The normalized spacial score (nSPS) is 15.0. The van der Waals surface area contributed by atoms with E-state index >= 15 is 0 Å². The monoisotopic (exact) mass is 324 g/mol. The van der Waals surface area contributed by atoms with Crippen LogP contribution in [0, 0.1) is 0 Å². The van der Waals surface area contributed by atoms with Gasteiger partial charge in [0.15, 0.2) is 0 Å². The lowest BCUT2D eigenvalue weighted by Crippen LogP contribution is -2.36. The van der Waals surface area contributed by atoms with Crippen molar-refractivity contribution < 1.29 is 9.47 Å². The molecule has 2 aromatic heterocycles. The van der Waals surface area contributed by atoms with E-state index in [4.69, 9.17) is 9.47 Å². The average Bonchev–Trinajstić information content (AvgIpc) is 3.06. The summed E-state index contributed by atoms with van der Waals surface area (Å²) in [6, 6.07) is 10.1. The molecule has 4 rings (SSSR count). The van der Waals surface area contributed by atoms with Crippen molar-refractivity contribution in [3.63, 3.8) is 0 Å². The second-order valence-electron chi connectivity index (χ2n) is 5.71. The lowest BCUT2D eigenvalue weighted by Gasteiger charge is -2.27. The van der Waals surface area contributed by atoms with Crippen molar-refractivity contribution in [2.45, 2.75) is 6.92 Å². The van der Waals surface area contributed by atoms with Gasteiger partial charge >= 0.3 is 0 Å². The Bertz CT molecular complexity index is 840. The van der Waals surface area contributed by atoms with Crippen LogP contribution in [0.2, 0.25) is 0 Å². The Labute approximate surface area is 140 Å². The highest BCUT2D eigenvalue weighted by Crippen LogP contribution is 2.30. The average molecular weight is 324 g/mol. The number of anilines is 1. The summed E-state index contributed by atoms with van der Waals surface area (Å²) < 4.78 is 11.0. The van der Waals surface area contributed by atoms with Crippen LogP contribution in [0.5, 0.6) is 5.75 Å². The Hall–Kier alpha value is -2.60. The quantitative estimate of drug-likeness (QED) is 0.799. The molecule has 24 heavy (non-hydrogen) atoms. The van der Waals surface area contributed by atoms with Crippen molar-refractivity contribution >= 4 is 16.7 Å². The summed E-state index contributed by atoms with van der Waals surface area (Å²) in [6.07, 6.45) is 1.84. The number of nitrogens with one attached hydrogen (secondary N) is 1. The number of benzene rings is 1. The molecule has 124 valence electrons. The summed E-state index contributed by atoms with van der Waals surface area (Å²) in [7, 11) is 0. The number of nitrogens with zero attached hydrogens (tertiary/aromatic N) is 3. The Balaban J connectivity index is 1.72. The van der Waals surface area contributed by atoms with Gasteiger partial charge in [0.25, 0.3) is 0 Å². The molecule has 0 atom stereocenters. The van der Waals surface area contributed by atoms with Gasteiger partial charge in [0.05, 0.1) is 25.3 Å². The molecular weight excluding hydrogens is 304 g/mol. The van der Waals surface area contributed by atoms with Gasteiger partial charge < -0.3 is 14.4 Å². The maximum absolute atomic E-state index is 5.62. The fraction of sp³-hybridized carbons (Fsp3) is 0.333. The number of rotatable bonds is 4. The zero-order valence-electron chi connectivity index (χ0n) is 13.7. The molecule has 0 aliphatic carbocycles. The van der Waals surface area contributed by atoms with Gasteiger partial charge in [0, 0.05) is 30.2 Å². The minimum Gasteiger partial charge on any atom is -0.494 e. The molecule has 0 unspecified atom stereocenters. The number of hydrogen-bond acceptors (Lipinski definition) is 5. The lowest BCUT2D eigenvalue weighted by atomic mass is 10.1. The molecule has 1 aromatic carbocycles. The molecular formula is C18H20N4O2. The predicted octanol–water partition coefficient (Wildman–Crippen LogP) is 2.86. The van der Waals surface area contributed by atoms with E-state index in [1.165, 1.54) is 0 Å². The molecule has 6 heteroatoms. The summed E-state index contributed by atoms with van der Waals surface area (Å²) in [5, 5.41) is 8.65. The summed E-state index contributed by atoms with van der Waals surface area (Å²) in [5.41, 5.74) is 2.97. The van der Waals surface area contributed by atoms with E-state index in [1.54, 1.807) is 0 Å². The number of H-pyrrole nitrogens is 1. The minimum absolute atomic E-state index is 0.648. The first kappa shape index (κ1) is 15.0. The van der Waals surface area contributed by atoms with E-state index in [2.05, 4.69) is 26.1 Å². The maximum Gasteiger partial charge on any atom is 0.129 e. The zero-order valence-corrected chi connectivity index (χ0v) is 13.7. The van der Waals surface area contributed by atoms with Gasteiger partial charge in [0.2, 0.25) is 0 Å². The second kappa shape index (κ2) is 6.49. The van der Waals surface area contributed by atoms with Crippen molar-refractivity contribution in [2.24, 2.45) is 0 Å². The summed E-state index contributed by atoms with van der Waals surface area (Å²) in [4.78, 5) is 6.75. The standard InChI is InChI=1S/C18H20N4O2/c1-2-24-14-3-4-16-15(12-14)18(21-20-16)13-5-6-19-17(11-13)22-7-9-23-10-8-22/h3-6,11-12H,2,7-10H2,1H3,(H,20,21). The van der Waals surface area contributed by atoms with Gasteiger partial charge in [-0.3, -0.25) is 5.10 Å². The zero-order chi connectivity index (χ0) is 16.4. The third-order valence-electron chi connectivity index (χ3n) is 4.20. The number of pyridine rings is 1. The van der Waals surface area contributed by atoms with Crippen molar-refractivity contribution in [2.75, 3.05) is 37.8 Å². The minimum atomic E-state index is 0.648. The highest BCUT2D eigenvalue weighted by molar-refractivity contribution is 5.94. The van der Waals surface area contributed by atoms with Crippen LogP contribution in [-0.4, -0.2) is 48.1 Å². The molecule has 1 N–H and O–H groups in total. The van der Waals surface area contributed by atoms with Crippen LogP contribution in [0.1, 0.15) is 6.92 Å². The van der Waals surface area contributed by atoms with Gasteiger partial charge in [-0.25, -0.2) is 4.98 Å². The molecule has 3 heterocycles. The Morgan fingerprint density at radius 3 is 2.92 bits per heavy atom. The van der Waals surface area contributed by atoms with Crippen molar-refractivity contribution in [1.82, 2.24) is 15.2 Å². The van der Waals surface area contributed by atoms with Gasteiger partial charge in [0.1, 0.15) is 17.3 Å². The SMILES string of the molecule is CCOc1ccc2[nH]nc(-c3ccnc(N4CCOCC4)c3)c2c1. The maximum atomic E-state index is 5.62. The molecule has 6 nitrogen and oxygen atoms in total. The van der Waals surface area contributed by atoms with Crippen molar-refractivity contribution in [3.05, 3.63) is 36.5 Å². The number of hydrogen-bond donors (Lipinski definition) is 1.